The molecular formula is C17H34IN3O. The monoisotopic (exact) mass is 423 g/mol. The average molecular weight is 423 g/mol. The van der Waals surface area contributed by atoms with Crippen LogP contribution in [-0.4, -0.2) is 47.7 Å². The Morgan fingerprint density at radius 1 is 1.36 bits per heavy atom. The van der Waals surface area contributed by atoms with Gasteiger partial charge in [-0.05, 0) is 44.4 Å². The van der Waals surface area contributed by atoms with Gasteiger partial charge < -0.3 is 15.3 Å². The second-order valence-electron chi connectivity index (χ2n) is 7.33. The molecule has 1 saturated carbocycles. The number of nitrogens with zero attached hydrogens (tertiary/aromatic N) is 2. The number of rotatable bonds is 5. The van der Waals surface area contributed by atoms with E-state index in [9.17, 15) is 5.11 Å². The molecule has 2 rings (SSSR count). The summed E-state index contributed by atoms with van der Waals surface area (Å²) in [4.78, 5) is 7.13. The van der Waals surface area contributed by atoms with Gasteiger partial charge in [-0.15, -0.1) is 24.0 Å². The van der Waals surface area contributed by atoms with E-state index >= 15 is 0 Å². The Kier molecular flexibility index (Phi) is 8.46. The fraction of sp³-hybridized carbons (Fsp3) is 0.941. The molecule has 22 heavy (non-hydrogen) atoms. The maximum atomic E-state index is 10.5. The van der Waals surface area contributed by atoms with Crippen molar-refractivity contribution in [3.63, 3.8) is 0 Å². The Morgan fingerprint density at radius 2 is 2.05 bits per heavy atom. The topological polar surface area (TPSA) is 47.9 Å². The van der Waals surface area contributed by atoms with Crippen molar-refractivity contribution in [2.24, 2.45) is 16.8 Å². The molecule has 1 aliphatic heterocycles. The predicted octanol–water partition coefficient (Wildman–Crippen LogP) is 3.24. The van der Waals surface area contributed by atoms with Crippen LogP contribution in [0.15, 0.2) is 4.99 Å². The summed E-state index contributed by atoms with van der Waals surface area (Å²) in [6.45, 7) is 10.4. The van der Waals surface area contributed by atoms with E-state index in [1.54, 1.807) is 0 Å². The molecule has 2 aliphatic rings. The molecule has 0 aromatic rings. The van der Waals surface area contributed by atoms with E-state index in [2.05, 4.69) is 31.0 Å². The number of halogens is 1. The highest BCUT2D eigenvalue weighted by molar-refractivity contribution is 14.0. The van der Waals surface area contributed by atoms with Gasteiger partial charge in [0.2, 0.25) is 0 Å². The number of nitrogens with one attached hydrogen (secondary N) is 1. The van der Waals surface area contributed by atoms with Gasteiger partial charge in [0.05, 0.1) is 12.1 Å². The lowest BCUT2D eigenvalue weighted by molar-refractivity contribution is 0.0572. The maximum absolute atomic E-state index is 10.5. The van der Waals surface area contributed by atoms with E-state index in [4.69, 9.17) is 4.99 Å². The Hall–Kier alpha value is -0.0400. The van der Waals surface area contributed by atoms with Crippen LogP contribution in [0.1, 0.15) is 59.3 Å². The van der Waals surface area contributed by atoms with Gasteiger partial charge in [0.15, 0.2) is 5.96 Å². The zero-order valence-corrected chi connectivity index (χ0v) is 16.8. The number of aliphatic imine (C=N–C) groups is 1. The van der Waals surface area contributed by atoms with Crippen LogP contribution < -0.4 is 5.32 Å². The zero-order valence-electron chi connectivity index (χ0n) is 14.5. The SMILES string of the molecule is CCNC(=NCC1(O)CCCC1)N1CCC(CC(C)C)C1.I. The molecule has 0 aromatic carbocycles. The average Bonchev–Trinajstić information content (AvgIpc) is 3.04. The lowest BCUT2D eigenvalue weighted by atomic mass is 9.97. The van der Waals surface area contributed by atoms with Crippen LogP contribution >= 0.6 is 24.0 Å². The first-order valence-corrected chi connectivity index (χ1v) is 8.78. The van der Waals surface area contributed by atoms with Crippen LogP contribution in [0, 0.1) is 11.8 Å². The summed E-state index contributed by atoms with van der Waals surface area (Å²) in [5.74, 6) is 2.57. The molecule has 1 unspecified atom stereocenters. The van der Waals surface area contributed by atoms with Crippen molar-refractivity contribution in [1.29, 1.82) is 0 Å². The third-order valence-electron chi connectivity index (χ3n) is 4.78. The molecule has 1 heterocycles. The highest BCUT2D eigenvalue weighted by Crippen LogP contribution is 2.30. The molecule has 130 valence electrons. The van der Waals surface area contributed by atoms with Crippen molar-refractivity contribution in [1.82, 2.24) is 10.2 Å². The minimum atomic E-state index is -0.544. The second kappa shape index (κ2) is 9.30. The largest absolute Gasteiger partial charge is 0.388 e. The molecule has 2 N–H and O–H groups in total. The van der Waals surface area contributed by atoms with E-state index in [-0.39, 0.29) is 24.0 Å². The third-order valence-corrected chi connectivity index (χ3v) is 4.78. The van der Waals surface area contributed by atoms with Crippen molar-refractivity contribution in [3.05, 3.63) is 0 Å². The van der Waals surface area contributed by atoms with E-state index in [1.165, 1.54) is 12.8 Å². The van der Waals surface area contributed by atoms with Crippen molar-refractivity contribution in [2.75, 3.05) is 26.2 Å². The molecule has 0 aromatic heterocycles. The molecule has 0 radical (unpaired) electrons. The fourth-order valence-electron chi connectivity index (χ4n) is 3.72. The third kappa shape index (κ3) is 5.87. The first-order valence-electron chi connectivity index (χ1n) is 8.78. The number of hydrogen-bond acceptors (Lipinski definition) is 2. The Labute approximate surface area is 153 Å². The number of hydrogen-bond donors (Lipinski definition) is 2. The Morgan fingerprint density at radius 3 is 2.64 bits per heavy atom. The van der Waals surface area contributed by atoms with Crippen LogP contribution in [0.3, 0.4) is 0 Å². The number of likely N-dealkylation sites (tertiary alicyclic amines) is 1. The van der Waals surface area contributed by atoms with Crippen LogP contribution in [-0.2, 0) is 0 Å². The van der Waals surface area contributed by atoms with Crippen LogP contribution in [0.4, 0.5) is 0 Å². The van der Waals surface area contributed by atoms with Gasteiger partial charge in [-0.3, -0.25) is 4.99 Å². The summed E-state index contributed by atoms with van der Waals surface area (Å²) < 4.78 is 0. The summed E-state index contributed by atoms with van der Waals surface area (Å²) >= 11 is 0. The van der Waals surface area contributed by atoms with Gasteiger partial charge in [0.1, 0.15) is 0 Å². The van der Waals surface area contributed by atoms with Crippen molar-refractivity contribution < 1.29 is 5.11 Å². The smallest absolute Gasteiger partial charge is 0.194 e. The van der Waals surface area contributed by atoms with E-state index in [1.807, 2.05) is 0 Å². The molecular weight excluding hydrogens is 389 g/mol. The fourth-order valence-corrected chi connectivity index (χ4v) is 3.72. The maximum Gasteiger partial charge on any atom is 0.194 e. The molecule has 0 amide bonds. The standard InChI is InChI=1S/C17H33N3O.HI/c1-4-18-16(19-13-17(21)8-5-6-9-17)20-10-7-15(12-20)11-14(2)3;/h14-15,21H,4-13H2,1-3H3,(H,18,19);1H. The summed E-state index contributed by atoms with van der Waals surface area (Å²) in [6, 6.07) is 0. The molecule has 4 nitrogen and oxygen atoms in total. The predicted molar refractivity (Wildman–Crippen MR) is 104 cm³/mol. The minimum absolute atomic E-state index is 0. The summed E-state index contributed by atoms with van der Waals surface area (Å²) in [5, 5.41) is 13.9. The van der Waals surface area contributed by atoms with Crippen LogP contribution in [0.2, 0.25) is 0 Å². The van der Waals surface area contributed by atoms with Gasteiger partial charge in [0.25, 0.3) is 0 Å². The highest BCUT2D eigenvalue weighted by atomic mass is 127. The summed E-state index contributed by atoms with van der Waals surface area (Å²) in [5.41, 5.74) is -0.544. The quantitative estimate of drug-likeness (QED) is 0.406. The molecule has 1 atom stereocenters. The van der Waals surface area contributed by atoms with Crippen molar-refractivity contribution >= 4 is 29.9 Å². The van der Waals surface area contributed by atoms with E-state index in [0.29, 0.717) is 6.54 Å². The molecule has 0 spiro atoms. The lowest BCUT2D eigenvalue weighted by Gasteiger charge is -2.25. The van der Waals surface area contributed by atoms with E-state index < -0.39 is 5.60 Å². The Balaban J connectivity index is 0.00000242. The van der Waals surface area contributed by atoms with Crippen molar-refractivity contribution in [3.8, 4) is 0 Å². The van der Waals surface area contributed by atoms with Gasteiger partial charge in [-0.25, -0.2) is 0 Å². The zero-order chi connectivity index (χ0) is 15.3. The van der Waals surface area contributed by atoms with Gasteiger partial charge in [0, 0.05) is 19.6 Å². The van der Waals surface area contributed by atoms with Crippen LogP contribution in [0.5, 0.6) is 0 Å². The molecule has 1 saturated heterocycles. The Bertz CT molecular complexity index is 354. The highest BCUT2D eigenvalue weighted by Gasteiger charge is 2.31. The van der Waals surface area contributed by atoms with Crippen LogP contribution in [0.25, 0.3) is 0 Å². The molecule has 2 fully saturated rings. The minimum Gasteiger partial charge on any atom is -0.388 e. The summed E-state index contributed by atoms with van der Waals surface area (Å²) in [6.07, 6.45) is 6.68. The van der Waals surface area contributed by atoms with E-state index in [0.717, 1.165) is 63.1 Å². The second-order valence-corrected chi connectivity index (χ2v) is 7.33. The normalized spacial score (nSPS) is 24.7. The van der Waals surface area contributed by atoms with Gasteiger partial charge in [-0.1, -0.05) is 26.7 Å². The molecule has 0 bridgehead atoms. The number of guanidine groups is 1. The number of aliphatic hydroxyl groups is 1. The van der Waals surface area contributed by atoms with Crippen molar-refractivity contribution in [2.45, 2.75) is 64.9 Å². The van der Waals surface area contributed by atoms with Gasteiger partial charge >= 0.3 is 0 Å². The lowest BCUT2D eigenvalue weighted by Crippen LogP contribution is -2.41. The first kappa shape index (κ1) is 20.0. The molecule has 1 aliphatic carbocycles. The van der Waals surface area contributed by atoms with Gasteiger partial charge in [-0.2, -0.15) is 0 Å². The summed E-state index contributed by atoms with van der Waals surface area (Å²) in [7, 11) is 0. The molecule has 5 heteroatoms. The first-order chi connectivity index (χ1) is 10.0.